The van der Waals surface area contributed by atoms with Crippen molar-refractivity contribution in [1.29, 1.82) is 0 Å². The van der Waals surface area contributed by atoms with Gasteiger partial charge in [-0.3, -0.25) is 9.78 Å². The first-order valence-corrected chi connectivity index (χ1v) is 6.56. The largest absolute Gasteiger partial charge is 0.385 e. The normalized spacial score (nSPS) is 15.8. The zero-order valence-corrected chi connectivity index (χ0v) is 11.1. The third-order valence-corrected chi connectivity index (χ3v) is 3.39. The molecule has 0 radical (unpaired) electrons. The minimum atomic E-state index is -0.881. The molecule has 1 saturated heterocycles. The molecule has 20 heavy (non-hydrogen) atoms. The van der Waals surface area contributed by atoms with Crippen LogP contribution in [-0.4, -0.2) is 39.1 Å². The van der Waals surface area contributed by atoms with Crippen LogP contribution in [0.25, 0.3) is 11.3 Å². The maximum atomic E-state index is 12.5. The summed E-state index contributed by atoms with van der Waals surface area (Å²) in [6.45, 7) is 3.02. The number of carbonyl (C=O) groups excluding carboxylic acids is 1. The Morgan fingerprint density at radius 2 is 2.30 bits per heavy atom. The predicted octanol–water partition coefficient (Wildman–Crippen LogP) is 1.64. The van der Waals surface area contributed by atoms with E-state index in [2.05, 4.69) is 10.1 Å². The van der Waals surface area contributed by atoms with Crippen LogP contribution in [0.2, 0.25) is 0 Å². The highest BCUT2D eigenvalue weighted by Gasteiger charge is 2.31. The van der Waals surface area contributed by atoms with E-state index in [1.807, 2.05) is 6.07 Å². The Bertz CT molecular complexity index is 618. The molecular formula is C14H15N3O3. The van der Waals surface area contributed by atoms with E-state index >= 15 is 0 Å². The van der Waals surface area contributed by atoms with Gasteiger partial charge in [0.15, 0.2) is 5.76 Å². The quantitative estimate of drug-likeness (QED) is 0.919. The minimum Gasteiger partial charge on any atom is -0.385 e. The fourth-order valence-corrected chi connectivity index (χ4v) is 2.17. The molecule has 1 amide bonds. The summed E-state index contributed by atoms with van der Waals surface area (Å²) in [5.41, 5.74) is 1.48. The van der Waals surface area contributed by atoms with Gasteiger partial charge in [-0.2, -0.15) is 0 Å². The summed E-state index contributed by atoms with van der Waals surface area (Å²) in [6.07, 6.45) is 3.39. The summed E-state index contributed by atoms with van der Waals surface area (Å²) in [5, 5.41) is 13.7. The van der Waals surface area contributed by atoms with Crippen molar-refractivity contribution in [3.05, 3.63) is 35.9 Å². The molecule has 1 atom stereocenters. The number of carbonyl (C=O) groups is 1. The topological polar surface area (TPSA) is 79.5 Å². The molecule has 0 bridgehead atoms. The number of rotatable bonds is 3. The lowest BCUT2D eigenvalue weighted by Gasteiger charge is -2.31. The number of hydrogen-bond acceptors (Lipinski definition) is 5. The van der Waals surface area contributed by atoms with Gasteiger partial charge in [0.25, 0.3) is 5.91 Å². The molecule has 6 nitrogen and oxygen atoms in total. The van der Waals surface area contributed by atoms with Crippen LogP contribution in [0.5, 0.6) is 0 Å². The van der Waals surface area contributed by atoms with Crippen LogP contribution < -0.4 is 0 Å². The summed E-state index contributed by atoms with van der Waals surface area (Å²) in [7, 11) is 0. The highest BCUT2D eigenvalue weighted by atomic mass is 16.5. The standard InChI is InChI=1S/C14H15N3O3/c1-9(18)13-11(14(19)17-6-3-7-17)12(16-20-13)10-4-2-5-15-8-10/h2,4-5,8-9,18H,3,6-7H2,1H3/t9-/m0/s1. The smallest absolute Gasteiger partial charge is 0.259 e. The Hall–Kier alpha value is -2.21. The molecule has 3 heterocycles. The number of aliphatic hydroxyl groups excluding tert-OH is 1. The van der Waals surface area contributed by atoms with E-state index in [4.69, 9.17) is 4.52 Å². The number of pyridine rings is 1. The average molecular weight is 273 g/mol. The maximum Gasteiger partial charge on any atom is 0.259 e. The second-order valence-electron chi connectivity index (χ2n) is 4.83. The van der Waals surface area contributed by atoms with Crippen molar-refractivity contribution in [2.75, 3.05) is 13.1 Å². The maximum absolute atomic E-state index is 12.5. The first-order valence-electron chi connectivity index (χ1n) is 6.56. The first-order chi connectivity index (χ1) is 9.68. The van der Waals surface area contributed by atoms with E-state index in [0.717, 1.165) is 19.5 Å². The van der Waals surface area contributed by atoms with Gasteiger partial charge in [0.2, 0.25) is 0 Å². The number of likely N-dealkylation sites (tertiary alicyclic amines) is 1. The fraction of sp³-hybridized carbons (Fsp3) is 0.357. The highest BCUT2D eigenvalue weighted by Crippen LogP contribution is 2.30. The highest BCUT2D eigenvalue weighted by molar-refractivity contribution is 6.01. The van der Waals surface area contributed by atoms with E-state index in [1.165, 1.54) is 0 Å². The van der Waals surface area contributed by atoms with Crippen molar-refractivity contribution in [1.82, 2.24) is 15.0 Å². The molecule has 1 aliphatic heterocycles. The van der Waals surface area contributed by atoms with Gasteiger partial charge in [0.1, 0.15) is 17.4 Å². The Morgan fingerprint density at radius 3 is 2.85 bits per heavy atom. The zero-order chi connectivity index (χ0) is 14.1. The molecule has 0 unspecified atom stereocenters. The van der Waals surface area contributed by atoms with Crippen LogP contribution in [0, 0.1) is 0 Å². The molecular weight excluding hydrogens is 258 g/mol. The van der Waals surface area contributed by atoms with Gasteiger partial charge in [-0.1, -0.05) is 5.16 Å². The number of nitrogens with zero attached hydrogens (tertiary/aromatic N) is 3. The van der Waals surface area contributed by atoms with Gasteiger partial charge in [-0.05, 0) is 25.5 Å². The zero-order valence-electron chi connectivity index (χ0n) is 11.1. The van der Waals surface area contributed by atoms with Gasteiger partial charge in [0.05, 0.1) is 0 Å². The predicted molar refractivity (Wildman–Crippen MR) is 70.9 cm³/mol. The Balaban J connectivity index is 2.08. The molecule has 2 aromatic rings. The summed E-state index contributed by atoms with van der Waals surface area (Å²) < 4.78 is 5.18. The van der Waals surface area contributed by atoms with Crippen molar-refractivity contribution < 1.29 is 14.4 Å². The van der Waals surface area contributed by atoms with Crippen molar-refractivity contribution in [3.8, 4) is 11.3 Å². The minimum absolute atomic E-state index is 0.146. The van der Waals surface area contributed by atoms with Crippen LogP contribution >= 0.6 is 0 Å². The summed E-state index contributed by atoms with van der Waals surface area (Å²) in [6, 6.07) is 3.58. The van der Waals surface area contributed by atoms with Crippen LogP contribution in [0.1, 0.15) is 35.6 Å². The van der Waals surface area contributed by atoms with Crippen LogP contribution in [0.4, 0.5) is 0 Å². The van der Waals surface area contributed by atoms with Crippen molar-refractivity contribution in [3.63, 3.8) is 0 Å². The van der Waals surface area contributed by atoms with E-state index in [-0.39, 0.29) is 11.7 Å². The summed E-state index contributed by atoms with van der Waals surface area (Å²) in [5.74, 6) is 0.0630. The molecule has 3 rings (SSSR count). The van der Waals surface area contributed by atoms with E-state index in [1.54, 1.807) is 30.3 Å². The third kappa shape index (κ3) is 2.08. The number of amides is 1. The van der Waals surface area contributed by atoms with Crippen LogP contribution in [0.3, 0.4) is 0 Å². The van der Waals surface area contributed by atoms with Crippen molar-refractivity contribution in [2.45, 2.75) is 19.4 Å². The van der Waals surface area contributed by atoms with Gasteiger partial charge in [0, 0.05) is 31.0 Å². The Kier molecular flexibility index (Phi) is 3.23. The summed E-state index contributed by atoms with van der Waals surface area (Å²) in [4.78, 5) is 18.2. The van der Waals surface area contributed by atoms with Crippen molar-refractivity contribution >= 4 is 5.91 Å². The monoisotopic (exact) mass is 273 g/mol. The lowest BCUT2D eigenvalue weighted by atomic mass is 10.0. The van der Waals surface area contributed by atoms with Crippen LogP contribution in [-0.2, 0) is 0 Å². The molecule has 0 spiro atoms. The Labute approximate surface area is 116 Å². The molecule has 2 aromatic heterocycles. The molecule has 0 saturated carbocycles. The molecule has 0 aliphatic carbocycles. The lowest BCUT2D eigenvalue weighted by molar-refractivity contribution is 0.0641. The molecule has 1 N–H and O–H groups in total. The van der Waals surface area contributed by atoms with Gasteiger partial charge in [-0.15, -0.1) is 0 Å². The number of hydrogen-bond donors (Lipinski definition) is 1. The number of aliphatic hydroxyl groups is 1. The average Bonchev–Trinajstić information content (AvgIpc) is 2.82. The van der Waals surface area contributed by atoms with Crippen molar-refractivity contribution in [2.24, 2.45) is 0 Å². The molecule has 6 heteroatoms. The molecule has 0 aromatic carbocycles. The van der Waals surface area contributed by atoms with E-state index < -0.39 is 6.10 Å². The van der Waals surface area contributed by atoms with E-state index in [0.29, 0.717) is 16.8 Å². The van der Waals surface area contributed by atoms with Gasteiger partial charge in [-0.25, -0.2) is 0 Å². The van der Waals surface area contributed by atoms with E-state index in [9.17, 15) is 9.90 Å². The number of aromatic nitrogens is 2. The van der Waals surface area contributed by atoms with Gasteiger partial charge < -0.3 is 14.5 Å². The Morgan fingerprint density at radius 1 is 1.50 bits per heavy atom. The second kappa shape index (κ2) is 5.05. The lowest BCUT2D eigenvalue weighted by Crippen LogP contribution is -2.42. The molecule has 1 aliphatic rings. The first kappa shape index (κ1) is 12.8. The third-order valence-electron chi connectivity index (χ3n) is 3.39. The molecule has 1 fully saturated rings. The summed E-state index contributed by atoms with van der Waals surface area (Å²) >= 11 is 0. The van der Waals surface area contributed by atoms with Crippen LogP contribution in [0.15, 0.2) is 29.0 Å². The fourth-order valence-electron chi connectivity index (χ4n) is 2.17. The molecule has 104 valence electrons. The SMILES string of the molecule is C[C@H](O)c1onc(-c2cccnc2)c1C(=O)N1CCC1. The van der Waals surface area contributed by atoms with Gasteiger partial charge >= 0.3 is 0 Å². The second-order valence-corrected chi connectivity index (χ2v) is 4.83.